The fraction of sp³-hybridized carbons (Fsp3) is 1.00. The Kier molecular flexibility index (Phi) is 5.39. The Morgan fingerprint density at radius 1 is 1.33 bits per heavy atom. The molecular formula is C6H14O5S. The molecule has 0 spiro atoms. The van der Waals surface area contributed by atoms with Crippen molar-refractivity contribution in [1.29, 1.82) is 0 Å². The first-order chi connectivity index (χ1) is 5.42. The van der Waals surface area contributed by atoms with Crippen molar-refractivity contribution < 1.29 is 21.9 Å². The van der Waals surface area contributed by atoms with Gasteiger partial charge in [0.15, 0.2) is 0 Å². The SMILES string of the molecule is CC(C)COCCOS(=O)(=O)O. The van der Waals surface area contributed by atoms with Crippen molar-refractivity contribution in [1.82, 2.24) is 0 Å². The molecule has 0 saturated heterocycles. The quantitative estimate of drug-likeness (QED) is 0.496. The van der Waals surface area contributed by atoms with Crippen LogP contribution in [0.1, 0.15) is 13.8 Å². The third-order valence-corrected chi connectivity index (χ3v) is 1.38. The topological polar surface area (TPSA) is 72.8 Å². The van der Waals surface area contributed by atoms with Crippen LogP contribution in [0.15, 0.2) is 0 Å². The van der Waals surface area contributed by atoms with Gasteiger partial charge in [0.2, 0.25) is 0 Å². The molecule has 12 heavy (non-hydrogen) atoms. The largest absolute Gasteiger partial charge is 0.397 e. The maximum atomic E-state index is 10.0. The molecule has 1 N–H and O–H groups in total. The van der Waals surface area contributed by atoms with E-state index in [0.29, 0.717) is 12.5 Å². The molecule has 0 unspecified atom stereocenters. The Balaban J connectivity index is 3.23. The van der Waals surface area contributed by atoms with Crippen molar-refractivity contribution >= 4 is 10.4 Å². The van der Waals surface area contributed by atoms with Gasteiger partial charge in [0.25, 0.3) is 0 Å². The molecule has 0 rings (SSSR count). The van der Waals surface area contributed by atoms with Gasteiger partial charge in [-0.25, -0.2) is 4.18 Å². The van der Waals surface area contributed by atoms with Crippen LogP contribution < -0.4 is 0 Å². The second-order valence-electron chi connectivity index (χ2n) is 2.72. The van der Waals surface area contributed by atoms with Gasteiger partial charge in [-0.1, -0.05) is 13.8 Å². The van der Waals surface area contributed by atoms with Crippen LogP contribution in [0.2, 0.25) is 0 Å². The summed E-state index contributed by atoms with van der Waals surface area (Å²) >= 11 is 0. The van der Waals surface area contributed by atoms with Crippen molar-refractivity contribution in [2.45, 2.75) is 13.8 Å². The summed E-state index contributed by atoms with van der Waals surface area (Å²) in [5.41, 5.74) is 0. The lowest BCUT2D eigenvalue weighted by Crippen LogP contribution is -2.12. The van der Waals surface area contributed by atoms with E-state index < -0.39 is 10.4 Å². The summed E-state index contributed by atoms with van der Waals surface area (Å²) in [5.74, 6) is 0.399. The lowest BCUT2D eigenvalue weighted by molar-refractivity contribution is 0.0800. The molecule has 0 aliphatic heterocycles. The van der Waals surface area contributed by atoms with E-state index in [1.54, 1.807) is 0 Å². The third kappa shape index (κ3) is 9.83. The molecule has 0 fully saturated rings. The monoisotopic (exact) mass is 198 g/mol. The number of rotatable bonds is 6. The van der Waals surface area contributed by atoms with E-state index in [4.69, 9.17) is 9.29 Å². The third-order valence-electron chi connectivity index (χ3n) is 0.911. The summed E-state index contributed by atoms with van der Waals surface area (Å²) in [4.78, 5) is 0. The van der Waals surface area contributed by atoms with Crippen molar-refractivity contribution in [3.63, 3.8) is 0 Å². The highest BCUT2D eigenvalue weighted by Crippen LogP contribution is 1.92. The summed E-state index contributed by atoms with van der Waals surface area (Å²) in [6, 6.07) is 0. The van der Waals surface area contributed by atoms with Crippen LogP contribution >= 0.6 is 0 Å². The maximum absolute atomic E-state index is 10.0. The fourth-order valence-electron chi connectivity index (χ4n) is 0.517. The van der Waals surface area contributed by atoms with E-state index in [1.807, 2.05) is 13.8 Å². The predicted octanol–water partition coefficient (Wildman–Crippen LogP) is 0.478. The highest BCUT2D eigenvalue weighted by Gasteiger charge is 2.02. The van der Waals surface area contributed by atoms with Crippen molar-refractivity contribution in [3.8, 4) is 0 Å². The van der Waals surface area contributed by atoms with E-state index in [-0.39, 0.29) is 13.2 Å². The molecule has 6 heteroatoms. The van der Waals surface area contributed by atoms with Crippen molar-refractivity contribution in [2.24, 2.45) is 5.92 Å². The summed E-state index contributed by atoms with van der Waals surface area (Å²) in [7, 11) is -4.30. The van der Waals surface area contributed by atoms with Gasteiger partial charge in [-0.05, 0) is 5.92 Å². The smallest absolute Gasteiger partial charge is 0.379 e. The first-order valence-electron chi connectivity index (χ1n) is 3.61. The van der Waals surface area contributed by atoms with Gasteiger partial charge in [-0.2, -0.15) is 8.42 Å². The van der Waals surface area contributed by atoms with Crippen molar-refractivity contribution in [2.75, 3.05) is 19.8 Å². The Bertz CT molecular complexity index is 196. The second-order valence-corrected chi connectivity index (χ2v) is 3.81. The normalized spacial score (nSPS) is 12.3. The molecular weight excluding hydrogens is 184 g/mol. The van der Waals surface area contributed by atoms with E-state index in [9.17, 15) is 8.42 Å². The van der Waals surface area contributed by atoms with Crippen LogP contribution in [0.3, 0.4) is 0 Å². The first kappa shape index (κ1) is 11.8. The minimum absolute atomic E-state index is 0.147. The molecule has 0 aromatic carbocycles. The molecule has 0 amide bonds. The summed E-state index contributed by atoms with van der Waals surface area (Å²) < 4.78 is 37.1. The Morgan fingerprint density at radius 3 is 2.33 bits per heavy atom. The standard InChI is InChI=1S/C6H14O5S/c1-6(2)5-10-3-4-11-12(7,8)9/h6H,3-5H2,1-2H3,(H,7,8,9). The highest BCUT2D eigenvalue weighted by atomic mass is 32.3. The van der Waals surface area contributed by atoms with Crippen LogP contribution in [-0.2, 0) is 19.3 Å². The molecule has 0 atom stereocenters. The molecule has 0 aliphatic carbocycles. The summed E-state index contributed by atoms with van der Waals surface area (Å²) in [6.07, 6.45) is 0. The van der Waals surface area contributed by atoms with Gasteiger partial charge in [0, 0.05) is 6.61 Å². The van der Waals surface area contributed by atoms with E-state index in [1.165, 1.54) is 0 Å². The molecule has 0 aromatic heterocycles. The van der Waals surface area contributed by atoms with Gasteiger partial charge in [-0.15, -0.1) is 0 Å². The van der Waals surface area contributed by atoms with Crippen molar-refractivity contribution in [3.05, 3.63) is 0 Å². The molecule has 0 aliphatic rings. The summed E-state index contributed by atoms with van der Waals surface area (Å²) in [5, 5.41) is 0. The molecule has 5 nitrogen and oxygen atoms in total. The highest BCUT2D eigenvalue weighted by molar-refractivity contribution is 7.80. The van der Waals surface area contributed by atoms with Crippen LogP contribution in [0.4, 0.5) is 0 Å². The Labute approximate surface area is 72.6 Å². The fourth-order valence-corrected chi connectivity index (χ4v) is 0.796. The minimum Gasteiger partial charge on any atom is -0.379 e. The van der Waals surface area contributed by atoms with Crippen LogP contribution in [0, 0.1) is 5.92 Å². The molecule has 0 radical (unpaired) electrons. The average molecular weight is 198 g/mol. The minimum atomic E-state index is -4.30. The second kappa shape index (κ2) is 5.47. The van der Waals surface area contributed by atoms with Gasteiger partial charge in [0.1, 0.15) is 0 Å². The van der Waals surface area contributed by atoms with Gasteiger partial charge in [-0.3, -0.25) is 4.55 Å². The maximum Gasteiger partial charge on any atom is 0.397 e. The van der Waals surface area contributed by atoms with E-state index in [2.05, 4.69) is 4.18 Å². The number of hydrogen-bond acceptors (Lipinski definition) is 4. The van der Waals surface area contributed by atoms with Gasteiger partial charge < -0.3 is 4.74 Å². The first-order valence-corrected chi connectivity index (χ1v) is 4.98. The van der Waals surface area contributed by atoms with E-state index in [0.717, 1.165) is 0 Å². The van der Waals surface area contributed by atoms with Crippen LogP contribution in [0.5, 0.6) is 0 Å². The lowest BCUT2D eigenvalue weighted by Gasteiger charge is -2.05. The summed E-state index contributed by atoms with van der Waals surface area (Å²) in [6.45, 7) is 4.52. The number of hydrogen-bond donors (Lipinski definition) is 1. The molecule has 0 saturated carbocycles. The van der Waals surface area contributed by atoms with Gasteiger partial charge >= 0.3 is 10.4 Å². The zero-order chi connectivity index (χ0) is 9.61. The lowest BCUT2D eigenvalue weighted by atomic mass is 10.2. The molecule has 74 valence electrons. The van der Waals surface area contributed by atoms with Gasteiger partial charge in [0.05, 0.1) is 13.2 Å². The number of ether oxygens (including phenoxy) is 1. The molecule has 0 aromatic rings. The predicted molar refractivity (Wildman–Crippen MR) is 43.2 cm³/mol. The zero-order valence-corrected chi connectivity index (χ0v) is 8.00. The average Bonchev–Trinajstić information content (AvgIpc) is 1.83. The van der Waals surface area contributed by atoms with Crippen LogP contribution in [0.25, 0.3) is 0 Å². The zero-order valence-electron chi connectivity index (χ0n) is 7.19. The molecule has 0 heterocycles. The van der Waals surface area contributed by atoms with E-state index >= 15 is 0 Å². The Hall–Kier alpha value is -0.170. The Morgan fingerprint density at radius 2 is 1.92 bits per heavy atom. The molecule has 0 bridgehead atoms. The van der Waals surface area contributed by atoms with Crippen LogP contribution in [-0.4, -0.2) is 32.8 Å².